The van der Waals surface area contributed by atoms with Crippen molar-refractivity contribution in [2.75, 3.05) is 6.54 Å². The third kappa shape index (κ3) is 4.91. The van der Waals surface area contributed by atoms with Crippen LogP contribution in [0, 0.1) is 0 Å². The van der Waals surface area contributed by atoms with Crippen molar-refractivity contribution >= 4 is 22.5 Å². The summed E-state index contributed by atoms with van der Waals surface area (Å²) < 4.78 is 3.38. The van der Waals surface area contributed by atoms with Gasteiger partial charge in [0.15, 0.2) is 5.65 Å². The number of aliphatic hydroxyl groups excluding tert-OH is 1. The molecule has 0 amide bonds. The van der Waals surface area contributed by atoms with Crippen molar-refractivity contribution in [3.05, 3.63) is 95.3 Å². The van der Waals surface area contributed by atoms with E-state index in [0.29, 0.717) is 18.7 Å². The Hall–Kier alpha value is -4.08. The minimum Gasteiger partial charge on any atom is -0.477 e. The summed E-state index contributed by atoms with van der Waals surface area (Å²) in [6.07, 6.45) is 1.76. The highest BCUT2D eigenvalue weighted by Gasteiger charge is 2.16. The molecule has 5 aromatic rings. The van der Waals surface area contributed by atoms with E-state index in [0.717, 1.165) is 34.0 Å². The molecule has 3 heterocycles. The number of carboxylic acid groups (broad SMARTS) is 1. The molecule has 9 nitrogen and oxygen atoms in total. The Labute approximate surface area is 201 Å². The molecule has 0 aliphatic carbocycles. The number of nitrogens with zero attached hydrogens (tertiary/aromatic N) is 5. The van der Waals surface area contributed by atoms with E-state index in [2.05, 4.69) is 27.8 Å². The maximum absolute atomic E-state index is 11.9. The second kappa shape index (κ2) is 9.65. The van der Waals surface area contributed by atoms with E-state index >= 15 is 0 Å². The van der Waals surface area contributed by atoms with Crippen molar-refractivity contribution in [2.24, 2.45) is 0 Å². The van der Waals surface area contributed by atoms with Gasteiger partial charge in [0.25, 0.3) is 0 Å². The molecule has 178 valence electrons. The van der Waals surface area contributed by atoms with Gasteiger partial charge in [-0.25, -0.2) is 9.31 Å². The number of pyridine rings is 1. The normalized spacial score (nSPS) is 13.3. The Kier molecular flexibility index (Phi) is 6.26. The van der Waals surface area contributed by atoms with Crippen molar-refractivity contribution in [1.82, 2.24) is 29.9 Å². The van der Waals surface area contributed by atoms with Crippen LogP contribution in [0.25, 0.3) is 16.6 Å². The average molecular weight is 471 g/mol. The van der Waals surface area contributed by atoms with E-state index in [1.165, 1.54) is 4.52 Å². The van der Waals surface area contributed by atoms with Gasteiger partial charge in [-0.2, -0.15) is 0 Å². The summed E-state index contributed by atoms with van der Waals surface area (Å²) in [6, 6.07) is 21.3. The van der Waals surface area contributed by atoms with E-state index in [4.69, 9.17) is 0 Å². The van der Waals surface area contributed by atoms with Gasteiger partial charge in [0.1, 0.15) is 5.69 Å². The SMILES string of the molecule is CC(Cc1ccc2c(c1)cc(C(=O)O)n2Cc1ccccc1)NCC(O)c1ccc2nnnn2c1. The van der Waals surface area contributed by atoms with Gasteiger partial charge >= 0.3 is 5.97 Å². The maximum atomic E-state index is 11.9. The highest BCUT2D eigenvalue weighted by Crippen LogP contribution is 2.24. The summed E-state index contributed by atoms with van der Waals surface area (Å²) in [4.78, 5) is 11.9. The molecule has 3 N–H and O–H groups in total. The zero-order chi connectivity index (χ0) is 24.4. The number of aromatic nitrogens is 5. The Bertz CT molecular complexity index is 1480. The molecular formula is C26H26N6O3. The Morgan fingerprint density at radius 3 is 2.69 bits per heavy atom. The van der Waals surface area contributed by atoms with E-state index in [-0.39, 0.29) is 11.7 Å². The number of aliphatic hydroxyl groups is 1. The van der Waals surface area contributed by atoms with Crippen LogP contribution in [0.2, 0.25) is 0 Å². The molecule has 0 fully saturated rings. The Balaban J connectivity index is 1.27. The van der Waals surface area contributed by atoms with Crippen molar-refractivity contribution in [3.63, 3.8) is 0 Å². The van der Waals surface area contributed by atoms with Gasteiger partial charge in [-0.15, -0.1) is 5.10 Å². The van der Waals surface area contributed by atoms with Gasteiger partial charge < -0.3 is 20.1 Å². The summed E-state index contributed by atoms with van der Waals surface area (Å²) in [7, 11) is 0. The number of fused-ring (bicyclic) bond motifs is 2. The number of benzene rings is 2. The Morgan fingerprint density at radius 2 is 1.89 bits per heavy atom. The molecular weight excluding hydrogens is 444 g/mol. The van der Waals surface area contributed by atoms with Gasteiger partial charge in [0, 0.05) is 41.8 Å². The second-order valence-corrected chi connectivity index (χ2v) is 8.77. The van der Waals surface area contributed by atoms with Crippen molar-refractivity contribution < 1.29 is 15.0 Å². The summed E-state index contributed by atoms with van der Waals surface area (Å²) >= 11 is 0. The number of hydrogen-bond donors (Lipinski definition) is 3. The van der Waals surface area contributed by atoms with Crippen LogP contribution in [0.1, 0.15) is 40.2 Å². The molecule has 35 heavy (non-hydrogen) atoms. The zero-order valence-corrected chi connectivity index (χ0v) is 19.2. The summed E-state index contributed by atoms with van der Waals surface area (Å²) in [5.41, 5.74) is 4.66. The molecule has 2 unspecified atom stereocenters. The summed E-state index contributed by atoms with van der Waals surface area (Å²) in [5.74, 6) is -0.942. The van der Waals surface area contributed by atoms with Gasteiger partial charge in [0.2, 0.25) is 0 Å². The molecule has 5 rings (SSSR count). The molecule has 0 bridgehead atoms. The number of carboxylic acids is 1. The molecule has 3 aromatic heterocycles. The standard InChI is InChI=1S/C26H26N6O3/c1-17(27-14-24(33)20-8-10-25-28-29-30-32(25)16-20)11-19-7-9-22-21(12-19)13-23(26(34)35)31(22)15-18-5-3-2-4-6-18/h2-10,12-13,16-17,24,27,33H,11,14-15H2,1H3,(H,34,35). The first-order valence-corrected chi connectivity index (χ1v) is 11.5. The van der Waals surface area contributed by atoms with Crippen LogP contribution in [0.5, 0.6) is 0 Å². The van der Waals surface area contributed by atoms with Gasteiger partial charge in [-0.1, -0.05) is 42.5 Å². The van der Waals surface area contributed by atoms with Crippen LogP contribution in [0.15, 0.2) is 72.9 Å². The first-order valence-electron chi connectivity index (χ1n) is 11.5. The fraction of sp³-hybridized carbons (Fsp3) is 0.231. The fourth-order valence-corrected chi connectivity index (χ4v) is 4.37. The highest BCUT2D eigenvalue weighted by molar-refractivity contribution is 5.95. The van der Waals surface area contributed by atoms with Crippen molar-refractivity contribution in [2.45, 2.75) is 32.0 Å². The smallest absolute Gasteiger partial charge is 0.352 e. The topological polar surface area (TPSA) is 118 Å². The van der Waals surface area contributed by atoms with Crippen LogP contribution in [0.3, 0.4) is 0 Å². The van der Waals surface area contributed by atoms with Gasteiger partial charge in [-0.3, -0.25) is 0 Å². The van der Waals surface area contributed by atoms with Crippen LogP contribution >= 0.6 is 0 Å². The first kappa shape index (κ1) is 22.7. The van der Waals surface area contributed by atoms with E-state index < -0.39 is 12.1 Å². The molecule has 0 radical (unpaired) electrons. The lowest BCUT2D eigenvalue weighted by Crippen LogP contribution is -2.32. The minimum absolute atomic E-state index is 0.101. The number of nitrogens with one attached hydrogen (secondary N) is 1. The molecule has 0 saturated carbocycles. The molecule has 2 aromatic carbocycles. The van der Waals surface area contributed by atoms with Gasteiger partial charge in [0.05, 0.1) is 6.10 Å². The van der Waals surface area contributed by atoms with Crippen molar-refractivity contribution in [3.8, 4) is 0 Å². The summed E-state index contributed by atoms with van der Waals surface area (Å²) in [5, 5.41) is 36.0. The predicted octanol–water partition coefficient (Wildman–Crippen LogP) is 3.08. The van der Waals surface area contributed by atoms with E-state index in [9.17, 15) is 15.0 Å². The monoisotopic (exact) mass is 470 g/mol. The lowest BCUT2D eigenvalue weighted by atomic mass is 10.0. The predicted molar refractivity (Wildman–Crippen MR) is 131 cm³/mol. The van der Waals surface area contributed by atoms with Gasteiger partial charge in [-0.05, 0) is 59.2 Å². The van der Waals surface area contributed by atoms with E-state index in [1.54, 1.807) is 18.3 Å². The number of rotatable bonds is 9. The molecule has 9 heteroatoms. The largest absolute Gasteiger partial charge is 0.477 e. The third-order valence-corrected chi connectivity index (χ3v) is 6.17. The number of hydrogen-bond acceptors (Lipinski definition) is 6. The van der Waals surface area contributed by atoms with Crippen LogP contribution in [0.4, 0.5) is 0 Å². The minimum atomic E-state index is -0.942. The van der Waals surface area contributed by atoms with Crippen molar-refractivity contribution in [1.29, 1.82) is 0 Å². The average Bonchev–Trinajstić information content (AvgIpc) is 3.47. The first-order chi connectivity index (χ1) is 17.0. The zero-order valence-electron chi connectivity index (χ0n) is 19.2. The Morgan fingerprint density at radius 1 is 1.06 bits per heavy atom. The molecule has 0 spiro atoms. The summed E-state index contributed by atoms with van der Waals surface area (Å²) in [6.45, 7) is 2.94. The lowest BCUT2D eigenvalue weighted by molar-refractivity contribution is 0.0686. The van der Waals surface area contributed by atoms with Crippen LogP contribution < -0.4 is 5.32 Å². The maximum Gasteiger partial charge on any atom is 0.352 e. The second-order valence-electron chi connectivity index (χ2n) is 8.77. The number of tetrazole rings is 1. The highest BCUT2D eigenvalue weighted by atomic mass is 16.4. The van der Waals surface area contributed by atoms with E-state index in [1.807, 2.05) is 59.2 Å². The van der Waals surface area contributed by atoms with Crippen LogP contribution in [-0.4, -0.2) is 53.4 Å². The third-order valence-electron chi connectivity index (χ3n) is 6.17. The number of carbonyl (C=O) groups is 1. The molecule has 0 aliphatic rings. The quantitative estimate of drug-likeness (QED) is 0.303. The molecule has 0 saturated heterocycles. The van der Waals surface area contributed by atoms with Crippen LogP contribution in [-0.2, 0) is 13.0 Å². The molecule has 0 aliphatic heterocycles. The number of aromatic carboxylic acids is 1. The fourth-order valence-electron chi connectivity index (χ4n) is 4.37. The lowest BCUT2D eigenvalue weighted by Gasteiger charge is -2.18. The molecule has 2 atom stereocenters.